The molecule has 0 spiro atoms. The number of nitrogen functional groups attached to an aromatic ring is 1. The highest BCUT2D eigenvalue weighted by atomic mass is 32.2. The fraction of sp³-hybridized carbons (Fsp3) is 0.167. The lowest BCUT2D eigenvalue weighted by Crippen LogP contribution is -2.05. The van der Waals surface area contributed by atoms with Crippen molar-refractivity contribution in [1.29, 1.82) is 0 Å². The molecule has 2 aromatic rings. The molecule has 0 unspecified atom stereocenters. The molecule has 1 aromatic carbocycles. The molecule has 0 fully saturated rings. The molecule has 0 radical (unpaired) electrons. The van der Waals surface area contributed by atoms with Gasteiger partial charge < -0.3 is 10.8 Å². The molecule has 0 saturated carbocycles. The number of carboxylic acids is 1. The molecule has 2 rings (SSSR count). The number of benzene rings is 1. The maximum absolute atomic E-state index is 12.5. The first-order valence-corrected chi connectivity index (χ1v) is 7.41. The van der Waals surface area contributed by atoms with Crippen LogP contribution in [0.5, 0.6) is 0 Å². The maximum Gasteiger partial charge on any atom is 0.416 e. The fourth-order valence-electron chi connectivity index (χ4n) is 1.48. The Morgan fingerprint density at radius 3 is 2.67 bits per heavy atom. The second-order valence-corrected chi connectivity index (χ2v) is 5.86. The number of anilines is 1. The summed E-state index contributed by atoms with van der Waals surface area (Å²) in [6.45, 7) is 0. The first-order chi connectivity index (χ1) is 9.77. The molecule has 112 valence electrons. The molecule has 0 bridgehead atoms. The molecule has 0 atom stereocenters. The number of thioether (sulfide) groups is 1. The van der Waals surface area contributed by atoms with E-state index >= 15 is 0 Å². The lowest BCUT2D eigenvalue weighted by atomic mass is 10.2. The molecule has 9 heteroatoms. The average molecular weight is 334 g/mol. The summed E-state index contributed by atoms with van der Waals surface area (Å²) in [6.07, 6.45) is -4.43. The topological polar surface area (TPSA) is 76.2 Å². The van der Waals surface area contributed by atoms with E-state index in [1.54, 1.807) is 5.38 Å². The first-order valence-electron chi connectivity index (χ1n) is 5.54. The molecule has 0 aliphatic heterocycles. The predicted octanol–water partition coefficient (Wildman–Crippen LogP) is 3.73. The SMILES string of the molecule is Nc1cc(C(F)(F)F)ccc1SCc1csc(C(=O)O)n1. The Morgan fingerprint density at radius 2 is 2.14 bits per heavy atom. The van der Waals surface area contributed by atoms with E-state index in [0.717, 1.165) is 23.5 Å². The van der Waals surface area contributed by atoms with Crippen molar-refractivity contribution in [2.24, 2.45) is 0 Å². The zero-order chi connectivity index (χ0) is 15.6. The van der Waals surface area contributed by atoms with E-state index in [1.165, 1.54) is 17.8 Å². The summed E-state index contributed by atoms with van der Waals surface area (Å²) in [5, 5.41) is 10.3. The van der Waals surface area contributed by atoms with Crippen LogP contribution in [0.4, 0.5) is 18.9 Å². The molecule has 0 aliphatic rings. The van der Waals surface area contributed by atoms with Gasteiger partial charge in [0.2, 0.25) is 5.01 Å². The van der Waals surface area contributed by atoms with Gasteiger partial charge in [0.25, 0.3) is 0 Å². The number of nitrogens with zero attached hydrogens (tertiary/aromatic N) is 1. The first kappa shape index (κ1) is 15.6. The van der Waals surface area contributed by atoms with Gasteiger partial charge in [0, 0.05) is 21.7 Å². The third-order valence-electron chi connectivity index (χ3n) is 2.45. The highest BCUT2D eigenvalue weighted by Crippen LogP contribution is 2.35. The number of carboxylic acid groups (broad SMARTS) is 1. The Balaban J connectivity index is 2.08. The minimum atomic E-state index is -4.43. The van der Waals surface area contributed by atoms with Crippen LogP contribution in [0.15, 0.2) is 28.5 Å². The number of nitrogens with two attached hydrogens (primary N) is 1. The Bertz CT molecular complexity index is 671. The molecule has 4 nitrogen and oxygen atoms in total. The minimum Gasteiger partial charge on any atom is -0.476 e. The van der Waals surface area contributed by atoms with Crippen LogP contribution in [0.3, 0.4) is 0 Å². The standard InChI is InChI=1S/C12H9F3N2O2S2/c13-12(14,15)6-1-2-9(8(16)3-6)20-4-7-5-21-10(17-7)11(18)19/h1-3,5H,4,16H2,(H,18,19). The van der Waals surface area contributed by atoms with Crippen LogP contribution >= 0.6 is 23.1 Å². The minimum absolute atomic E-state index is 0.0222. The van der Waals surface area contributed by atoms with Crippen molar-refractivity contribution < 1.29 is 23.1 Å². The van der Waals surface area contributed by atoms with Crippen molar-refractivity contribution in [3.63, 3.8) is 0 Å². The van der Waals surface area contributed by atoms with Crippen molar-refractivity contribution in [3.05, 3.63) is 39.8 Å². The number of aromatic carboxylic acids is 1. The van der Waals surface area contributed by atoms with Gasteiger partial charge in [-0.1, -0.05) is 0 Å². The van der Waals surface area contributed by atoms with E-state index in [1.807, 2.05) is 0 Å². The third kappa shape index (κ3) is 3.88. The smallest absolute Gasteiger partial charge is 0.416 e. The molecular formula is C12H9F3N2O2S2. The normalized spacial score (nSPS) is 11.6. The van der Waals surface area contributed by atoms with Crippen LogP contribution in [-0.4, -0.2) is 16.1 Å². The zero-order valence-corrected chi connectivity index (χ0v) is 12.0. The Labute approximate surface area is 125 Å². The Hall–Kier alpha value is -1.74. The van der Waals surface area contributed by atoms with Crippen LogP contribution in [0, 0.1) is 0 Å². The highest BCUT2D eigenvalue weighted by Gasteiger charge is 2.30. The Morgan fingerprint density at radius 1 is 1.43 bits per heavy atom. The molecule has 0 saturated heterocycles. The van der Waals surface area contributed by atoms with Gasteiger partial charge in [-0.15, -0.1) is 23.1 Å². The molecule has 0 amide bonds. The van der Waals surface area contributed by atoms with Gasteiger partial charge in [-0.3, -0.25) is 0 Å². The third-order valence-corrected chi connectivity index (χ3v) is 4.45. The number of hydrogen-bond donors (Lipinski definition) is 2. The van der Waals surface area contributed by atoms with Crippen molar-refractivity contribution >= 4 is 34.8 Å². The fourth-order valence-corrected chi connectivity index (χ4v) is 3.08. The number of rotatable bonds is 4. The van der Waals surface area contributed by atoms with Gasteiger partial charge in [0.15, 0.2) is 0 Å². The van der Waals surface area contributed by atoms with Crippen molar-refractivity contribution in [1.82, 2.24) is 4.98 Å². The van der Waals surface area contributed by atoms with Gasteiger partial charge in [0.1, 0.15) is 0 Å². The van der Waals surface area contributed by atoms with Crippen molar-refractivity contribution in [3.8, 4) is 0 Å². The summed E-state index contributed by atoms with van der Waals surface area (Å²) in [5.74, 6) is -0.774. The van der Waals surface area contributed by atoms with E-state index in [4.69, 9.17) is 10.8 Å². The van der Waals surface area contributed by atoms with Gasteiger partial charge >= 0.3 is 12.1 Å². The van der Waals surface area contributed by atoms with E-state index in [9.17, 15) is 18.0 Å². The number of thiazole rings is 1. The molecular weight excluding hydrogens is 325 g/mol. The molecule has 0 aliphatic carbocycles. The Kier molecular flexibility index (Phi) is 4.43. The molecule has 21 heavy (non-hydrogen) atoms. The zero-order valence-electron chi connectivity index (χ0n) is 10.3. The second kappa shape index (κ2) is 5.94. The van der Waals surface area contributed by atoms with E-state index < -0.39 is 17.7 Å². The molecule has 3 N–H and O–H groups in total. The largest absolute Gasteiger partial charge is 0.476 e. The average Bonchev–Trinajstić information content (AvgIpc) is 2.85. The maximum atomic E-state index is 12.5. The van der Waals surface area contributed by atoms with E-state index in [2.05, 4.69) is 4.98 Å². The summed E-state index contributed by atoms with van der Waals surface area (Å²) >= 11 is 2.20. The van der Waals surface area contributed by atoms with E-state index in [0.29, 0.717) is 16.3 Å². The number of halogens is 3. The number of hydrogen-bond acceptors (Lipinski definition) is 5. The number of carbonyl (C=O) groups is 1. The van der Waals surface area contributed by atoms with Crippen molar-refractivity contribution in [2.75, 3.05) is 5.73 Å². The summed E-state index contributed by atoms with van der Waals surface area (Å²) in [6, 6.07) is 3.14. The summed E-state index contributed by atoms with van der Waals surface area (Å²) in [7, 11) is 0. The van der Waals surface area contributed by atoms with Crippen LogP contribution in [-0.2, 0) is 11.9 Å². The predicted molar refractivity (Wildman–Crippen MR) is 74.5 cm³/mol. The summed E-state index contributed by atoms with van der Waals surface area (Å²) < 4.78 is 37.5. The lowest BCUT2D eigenvalue weighted by molar-refractivity contribution is -0.137. The van der Waals surface area contributed by atoms with Crippen LogP contribution in [0.1, 0.15) is 21.1 Å². The van der Waals surface area contributed by atoms with Gasteiger partial charge in [-0.2, -0.15) is 13.2 Å². The van der Waals surface area contributed by atoms with Crippen LogP contribution < -0.4 is 5.73 Å². The summed E-state index contributed by atoms with van der Waals surface area (Å²) in [5.41, 5.74) is 5.38. The quantitative estimate of drug-likeness (QED) is 0.658. The highest BCUT2D eigenvalue weighted by molar-refractivity contribution is 7.98. The van der Waals surface area contributed by atoms with Crippen LogP contribution in [0.2, 0.25) is 0 Å². The van der Waals surface area contributed by atoms with Crippen LogP contribution in [0.25, 0.3) is 0 Å². The summed E-state index contributed by atoms with van der Waals surface area (Å²) in [4.78, 5) is 15.1. The van der Waals surface area contributed by atoms with Crippen molar-refractivity contribution in [2.45, 2.75) is 16.8 Å². The lowest BCUT2D eigenvalue weighted by Gasteiger charge is -2.10. The second-order valence-electron chi connectivity index (χ2n) is 3.99. The van der Waals surface area contributed by atoms with Gasteiger partial charge in [-0.25, -0.2) is 9.78 Å². The number of alkyl halides is 3. The van der Waals surface area contributed by atoms with E-state index in [-0.39, 0.29) is 10.7 Å². The molecule has 1 aromatic heterocycles. The molecule has 1 heterocycles. The number of aromatic nitrogens is 1. The van der Waals surface area contributed by atoms with Gasteiger partial charge in [-0.05, 0) is 18.2 Å². The van der Waals surface area contributed by atoms with Gasteiger partial charge in [0.05, 0.1) is 11.3 Å². The monoisotopic (exact) mass is 334 g/mol.